The van der Waals surface area contributed by atoms with Crippen LogP contribution < -0.4 is 10.6 Å². The molecule has 0 aromatic heterocycles. The molecule has 0 spiro atoms. The zero-order chi connectivity index (χ0) is 26.6. The summed E-state index contributed by atoms with van der Waals surface area (Å²) in [6.45, 7) is 0.241. The van der Waals surface area contributed by atoms with E-state index in [0.29, 0.717) is 18.4 Å². The van der Waals surface area contributed by atoms with Crippen LogP contribution in [0.1, 0.15) is 48.9 Å². The largest absolute Gasteiger partial charge is 0.351 e. The number of piperidine rings is 1. The molecule has 2 N–H and O–H groups in total. The van der Waals surface area contributed by atoms with E-state index in [-0.39, 0.29) is 52.8 Å². The van der Waals surface area contributed by atoms with E-state index in [1.807, 2.05) is 6.07 Å². The smallest absolute Gasteiger partial charge is 0.289 e. The predicted octanol–water partition coefficient (Wildman–Crippen LogP) is 3.51. The fourth-order valence-corrected chi connectivity index (χ4v) is 6.60. The summed E-state index contributed by atoms with van der Waals surface area (Å²) in [7, 11) is -3.97. The van der Waals surface area contributed by atoms with Crippen LogP contribution in [0.15, 0.2) is 53.4 Å². The summed E-state index contributed by atoms with van der Waals surface area (Å²) in [5.41, 5.74) is 0.0937. The Bertz CT molecular complexity index is 1270. The minimum atomic E-state index is -3.97. The number of nitrogens with zero attached hydrogens (tertiary/aromatic N) is 2. The van der Waals surface area contributed by atoms with Crippen LogP contribution in [0.25, 0.3) is 0 Å². The van der Waals surface area contributed by atoms with E-state index < -0.39 is 20.6 Å². The van der Waals surface area contributed by atoms with Gasteiger partial charge >= 0.3 is 0 Å². The maximum absolute atomic E-state index is 13.1. The highest BCUT2D eigenvalue weighted by molar-refractivity contribution is 7.89. The number of hydrogen-bond acceptors (Lipinski definition) is 6. The molecule has 2 atom stereocenters. The average molecular weight is 549 g/mol. The Kier molecular flexibility index (Phi) is 8.46. The van der Waals surface area contributed by atoms with Gasteiger partial charge < -0.3 is 10.6 Å². The minimum Gasteiger partial charge on any atom is -0.351 e. The number of hydrogen-bond donors (Lipinski definition) is 2. The van der Waals surface area contributed by atoms with Gasteiger partial charge in [0.05, 0.1) is 9.82 Å². The van der Waals surface area contributed by atoms with Crippen LogP contribution in [0.5, 0.6) is 0 Å². The molecule has 198 valence electrons. The Morgan fingerprint density at radius 1 is 0.946 bits per heavy atom. The number of rotatable bonds is 7. The first-order valence-corrected chi connectivity index (χ1v) is 14.1. The molecular formula is C25H29ClN4O6S. The van der Waals surface area contributed by atoms with Gasteiger partial charge in [0.1, 0.15) is 5.02 Å². The van der Waals surface area contributed by atoms with Crippen molar-refractivity contribution >= 4 is 39.1 Å². The summed E-state index contributed by atoms with van der Waals surface area (Å²) in [4.78, 5) is 35.9. The van der Waals surface area contributed by atoms with E-state index in [1.54, 1.807) is 24.3 Å². The molecule has 1 aliphatic carbocycles. The zero-order valence-electron chi connectivity index (χ0n) is 20.1. The lowest BCUT2D eigenvalue weighted by atomic mass is 9.88. The first-order chi connectivity index (χ1) is 17.7. The number of amides is 2. The minimum absolute atomic E-state index is 0.121. The van der Waals surface area contributed by atoms with Gasteiger partial charge in [-0.25, -0.2) is 8.42 Å². The van der Waals surface area contributed by atoms with Gasteiger partial charge in [0, 0.05) is 42.7 Å². The monoisotopic (exact) mass is 548 g/mol. The summed E-state index contributed by atoms with van der Waals surface area (Å²) < 4.78 is 27.3. The molecule has 37 heavy (non-hydrogen) atoms. The average Bonchev–Trinajstić information content (AvgIpc) is 2.90. The summed E-state index contributed by atoms with van der Waals surface area (Å²) in [5.74, 6) is -0.684. The van der Waals surface area contributed by atoms with Crippen LogP contribution in [0.3, 0.4) is 0 Å². The van der Waals surface area contributed by atoms with Crippen molar-refractivity contribution in [1.82, 2.24) is 14.9 Å². The van der Waals surface area contributed by atoms with E-state index in [2.05, 4.69) is 10.6 Å². The zero-order valence-corrected chi connectivity index (χ0v) is 21.7. The third kappa shape index (κ3) is 6.28. The summed E-state index contributed by atoms with van der Waals surface area (Å²) >= 11 is 5.81. The molecule has 4 rings (SSSR count). The summed E-state index contributed by atoms with van der Waals surface area (Å²) in [5, 5.41) is 17.2. The molecular weight excluding hydrogens is 520 g/mol. The lowest BCUT2D eigenvalue weighted by molar-refractivity contribution is -0.384. The third-order valence-corrected chi connectivity index (χ3v) is 9.24. The SMILES string of the molecule is O=C(N[C@@H]1CCCC[C@H]1NC(=O)C1CCN(S(=O)(=O)c2ccc(Cl)c([N+](=O)[O-])c2)CC1)c1ccccc1. The van der Waals surface area contributed by atoms with E-state index in [1.165, 1.54) is 16.4 Å². The van der Waals surface area contributed by atoms with E-state index in [0.717, 1.165) is 31.7 Å². The van der Waals surface area contributed by atoms with Crippen molar-refractivity contribution < 1.29 is 22.9 Å². The fraction of sp³-hybridized carbons (Fsp3) is 0.440. The molecule has 2 fully saturated rings. The number of halogens is 1. The molecule has 1 saturated carbocycles. The van der Waals surface area contributed by atoms with Crippen molar-refractivity contribution in [3.63, 3.8) is 0 Å². The number of benzene rings is 2. The van der Waals surface area contributed by atoms with E-state index in [9.17, 15) is 28.1 Å². The Balaban J connectivity index is 1.35. The van der Waals surface area contributed by atoms with Crippen LogP contribution in [0.2, 0.25) is 5.02 Å². The first kappa shape index (κ1) is 27.0. The molecule has 0 bridgehead atoms. The van der Waals surface area contributed by atoms with Crippen LogP contribution in [0, 0.1) is 16.0 Å². The Labute approximate surface area is 220 Å². The molecule has 2 amide bonds. The normalized spacial score (nSPS) is 21.2. The second kappa shape index (κ2) is 11.6. The number of nitro groups is 1. The van der Waals surface area contributed by atoms with Gasteiger partial charge in [-0.05, 0) is 49.9 Å². The Morgan fingerprint density at radius 2 is 1.57 bits per heavy atom. The topological polar surface area (TPSA) is 139 Å². The van der Waals surface area contributed by atoms with Crippen LogP contribution in [-0.2, 0) is 14.8 Å². The van der Waals surface area contributed by atoms with Crippen molar-refractivity contribution in [2.45, 2.75) is 55.5 Å². The molecule has 2 aromatic carbocycles. The Hall–Kier alpha value is -3.02. The lowest BCUT2D eigenvalue weighted by Gasteiger charge is -2.35. The lowest BCUT2D eigenvalue weighted by Crippen LogP contribution is -2.55. The number of sulfonamides is 1. The first-order valence-electron chi connectivity index (χ1n) is 12.3. The maximum atomic E-state index is 13.1. The molecule has 1 saturated heterocycles. The molecule has 2 aliphatic rings. The van der Waals surface area contributed by atoms with Gasteiger partial charge in [0.2, 0.25) is 15.9 Å². The number of carbonyl (C=O) groups is 2. The molecule has 0 radical (unpaired) electrons. The number of carbonyl (C=O) groups excluding carboxylic acids is 2. The van der Waals surface area contributed by atoms with Gasteiger partial charge in [-0.1, -0.05) is 42.6 Å². The van der Waals surface area contributed by atoms with Crippen molar-refractivity contribution in [1.29, 1.82) is 0 Å². The van der Waals surface area contributed by atoms with Crippen LogP contribution in [0.4, 0.5) is 5.69 Å². The molecule has 1 aliphatic heterocycles. The van der Waals surface area contributed by atoms with Gasteiger partial charge in [0.15, 0.2) is 0 Å². The van der Waals surface area contributed by atoms with Crippen LogP contribution in [-0.4, -0.2) is 54.6 Å². The molecule has 1 heterocycles. The van der Waals surface area contributed by atoms with E-state index in [4.69, 9.17) is 11.6 Å². The van der Waals surface area contributed by atoms with Crippen molar-refractivity contribution in [3.8, 4) is 0 Å². The van der Waals surface area contributed by atoms with E-state index >= 15 is 0 Å². The molecule has 0 unspecified atom stereocenters. The predicted molar refractivity (Wildman–Crippen MR) is 138 cm³/mol. The third-order valence-electron chi connectivity index (χ3n) is 7.02. The van der Waals surface area contributed by atoms with Gasteiger partial charge in [-0.15, -0.1) is 0 Å². The fourth-order valence-electron chi connectivity index (χ4n) is 4.92. The number of nitrogens with one attached hydrogen (secondary N) is 2. The quantitative estimate of drug-likeness (QED) is 0.401. The Morgan fingerprint density at radius 3 is 2.19 bits per heavy atom. The second-order valence-electron chi connectivity index (χ2n) is 9.39. The van der Waals surface area contributed by atoms with Crippen LogP contribution >= 0.6 is 11.6 Å². The summed E-state index contributed by atoms with van der Waals surface area (Å²) in [6.07, 6.45) is 4.10. The molecule has 12 heteroatoms. The van der Waals surface area contributed by atoms with Crippen molar-refractivity contribution in [3.05, 3.63) is 69.2 Å². The highest BCUT2D eigenvalue weighted by Crippen LogP contribution is 2.30. The van der Waals surface area contributed by atoms with Gasteiger partial charge in [0.25, 0.3) is 11.6 Å². The standard InChI is InChI=1S/C25H29ClN4O6S/c26-20-11-10-19(16-23(20)30(33)34)37(35,36)29-14-12-18(13-15-29)25(32)28-22-9-5-4-8-21(22)27-24(31)17-6-2-1-3-7-17/h1-3,6-7,10-11,16,18,21-22H,4-5,8-9,12-15H2,(H,27,31)(H,28,32)/t21-,22-/m1/s1. The van der Waals surface area contributed by atoms with Gasteiger partial charge in [-0.2, -0.15) is 4.31 Å². The highest BCUT2D eigenvalue weighted by Gasteiger charge is 2.35. The van der Waals surface area contributed by atoms with Crippen molar-refractivity contribution in [2.24, 2.45) is 5.92 Å². The highest BCUT2D eigenvalue weighted by atomic mass is 35.5. The molecule has 10 nitrogen and oxygen atoms in total. The second-order valence-corrected chi connectivity index (χ2v) is 11.7. The molecule has 2 aromatic rings. The summed E-state index contributed by atoms with van der Waals surface area (Å²) in [6, 6.07) is 12.0. The van der Waals surface area contributed by atoms with Gasteiger partial charge in [-0.3, -0.25) is 19.7 Å². The maximum Gasteiger partial charge on any atom is 0.289 e. The number of nitro benzene ring substituents is 1. The van der Waals surface area contributed by atoms with Crippen molar-refractivity contribution in [2.75, 3.05) is 13.1 Å².